The Kier molecular flexibility index (Phi) is 8.11. The van der Waals surface area contributed by atoms with Gasteiger partial charge in [0.25, 0.3) is 5.91 Å². The van der Waals surface area contributed by atoms with Crippen LogP contribution in [0.25, 0.3) is 16.6 Å². The maximum atomic E-state index is 14.6. The van der Waals surface area contributed by atoms with E-state index < -0.39 is 5.82 Å². The Hall–Kier alpha value is -3.59. The Morgan fingerprint density at radius 1 is 1.00 bits per heavy atom. The maximum absolute atomic E-state index is 14.6. The molecule has 3 aliphatic rings. The predicted molar refractivity (Wildman–Crippen MR) is 164 cm³/mol. The number of ketones is 1. The molecule has 6 rings (SSSR count). The Morgan fingerprint density at radius 3 is 2.47 bits per heavy atom. The van der Waals surface area contributed by atoms with Crippen molar-refractivity contribution in [2.24, 2.45) is 17.8 Å². The molecular formula is C34H42FN5O3. The van der Waals surface area contributed by atoms with Crippen LogP contribution in [0.4, 0.5) is 4.39 Å². The molecule has 2 saturated heterocycles. The van der Waals surface area contributed by atoms with Gasteiger partial charge in [0.1, 0.15) is 5.82 Å². The quantitative estimate of drug-likeness (QED) is 0.383. The van der Waals surface area contributed by atoms with Crippen molar-refractivity contribution in [3.8, 4) is 5.69 Å². The van der Waals surface area contributed by atoms with Crippen LogP contribution in [-0.4, -0.2) is 74.7 Å². The lowest BCUT2D eigenvalue weighted by atomic mass is 9.87. The largest absolute Gasteiger partial charge is 0.341 e. The maximum Gasteiger partial charge on any atom is 0.256 e. The summed E-state index contributed by atoms with van der Waals surface area (Å²) in [6, 6.07) is 5.79. The molecule has 0 bridgehead atoms. The second-order valence-corrected chi connectivity index (χ2v) is 13.1. The number of likely N-dealkylation sites (tertiary alicyclic amines) is 1. The van der Waals surface area contributed by atoms with Crippen molar-refractivity contribution in [3.63, 3.8) is 0 Å². The first-order valence-corrected chi connectivity index (χ1v) is 15.8. The highest BCUT2D eigenvalue weighted by Gasteiger charge is 2.44. The van der Waals surface area contributed by atoms with Crippen molar-refractivity contribution < 1.29 is 18.8 Å². The van der Waals surface area contributed by atoms with E-state index in [1.807, 2.05) is 38.7 Å². The smallest absolute Gasteiger partial charge is 0.256 e. The van der Waals surface area contributed by atoms with Crippen LogP contribution in [0.15, 0.2) is 42.9 Å². The molecular weight excluding hydrogens is 545 g/mol. The SMILES string of the molecule is CC(C)N(C(=O)c1cc(F)ccc1-n1cc(C(=O)C2CCN(C(=O)[C@H]3NC[C@@H]4CCC[C@@H]43)CC2)c2ccncc21)C(C)C. The zero-order chi connectivity index (χ0) is 30.4. The minimum absolute atomic E-state index is 0.0258. The molecule has 3 atom stereocenters. The van der Waals surface area contributed by atoms with Gasteiger partial charge in [-0.2, -0.15) is 0 Å². The van der Waals surface area contributed by atoms with Gasteiger partial charge in [-0.15, -0.1) is 0 Å². The summed E-state index contributed by atoms with van der Waals surface area (Å²) >= 11 is 0. The van der Waals surface area contributed by atoms with Crippen molar-refractivity contribution in [1.82, 2.24) is 24.7 Å². The van der Waals surface area contributed by atoms with Crippen molar-refractivity contribution in [1.29, 1.82) is 0 Å². The predicted octanol–water partition coefficient (Wildman–Crippen LogP) is 5.23. The van der Waals surface area contributed by atoms with E-state index in [1.54, 1.807) is 34.1 Å². The summed E-state index contributed by atoms with van der Waals surface area (Å²) in [5, 5.41) is 4.22. The number of nitrogens with one attached hydrogen (secondary N) is 1. The van der Waals surface area contributed by atoms with Crippen LogP contribution in [0, 0.1) is 23.6 Å². The Labute approximate surface area is 252 Å². The number of aromatic nitrogens is 2. The molecule has 3 aromatic rings. The van der Waals surface area contributed by atoms with Gasteiger partial charge in [-0.05, 0) is 96.0 Å². The minimum Gasteiger partial charge on any atom is -0.341 e. The monoisotopic (exact) mass is 587 g/mol. The molecule has 2 amide bonds. The van der Waals surface area contributed by atoms with E-state index >= 15 is 0 Å². The fourth-order valence-corrected chi connectivity index (χ4v) is 7.80. The fraction of sp³-hybridized carbons (Fsp3) is 0.529. The van der Waals surface area contributed by atoms with Gasteiger partial charge < -0.3 is 19.7 Å². The zero-order valence-corrected chi connectivity index (χ0v) is 25.6. The van der Waals surface area contributed by atoms with E-state index in [2.05, 4.69) is 10.3 Å². The number of piperidine rings is 1. The summed E-state index contributed by atoms with van der Waals surface area (Å²) < 4.78 is 16.3. The van der Waals surface area contributed by atoms with Crippen LogP contribution in [0.5, 0.6) is 0 Å². The van der Waals surface area contributed by atoms with Crippen LogP contribution in [-0.2, 0) is 4.79 Å². The number of rotatable bonds is 7. The molecule has 0 spiro atoms. The number of amides is 2. The average Bonchev–Trinajstić information content (AvgIpc) is 3.71. The second kappa shape index (κ2) is 11.8. The molecule has 2 aromatic heterocycles. The van der Waals surface area contributed by atoms with Crippen molar-refractivity contribution in [2.75, 3.05) is 19.6 Å². The number of hydrogen-bond acceptors (Lipinski definition) is 5. The molecule has 228 valence electrons. The van der Waals surface area contributed by atoms with Crippen molar-refractivity contribution >= 4 is 28.5 Å². The third-order valence-corrected chi connectivity index (χ3v) is 9.86. The van der Waals surface area contributed by atoms with E-state index in [0.717, 1.165) is 18.4 Å². The van der Waals surface area contributed by atoms with Crippen LogP contribution in [0.3, 0.4) is 0 Å². The Morgan fingerprint density at radius 2 is 1.74 bits per heavy atom. The average molecular weight is 588 g/mol. The number of carbonyl (C=O) groups is 3. The molecule has 4 heterocycles. The lowest BCUT2D eigenvalue weighted by Gasteiger charge is -2.34. The molecule has 1 aliphatic carbocycles. The number of fused-ring (bicyclic) bond motifs is 2. The van der Waals surface area contributed by atoms with Crippen molar-refractivity contribution in [2.45, 2.75) is 77.9 Å². The van der Waals surface area contributed by atoms with Crippen LogP contribution in [0.2, 0.25) is 0 Å². The highest BCUT2D eigenvalue weighted by atomic mass is 19.1. The second-order valence-electron chi connectivity index (χ2n) is 13.1. The molecule has 2 aliphatic heterocycles. The van der Waals surface area contributed by atoms with Gasteiger partial charge in [0.2, 0.25) is 5.91 Å². The van der Waals surface area contributed by atoms with Crippen LogP contribution in [0.1, 0.15) is 80.5 Å². The minimum atomic E-state index is -0.497. The Bertz CT molecular complexity index is 1530. The first-order chi connectivity index (χ1) is 20.7. The first kappa shape index (κ1) is 29.5. The van der Waals surface area contributed by atoms with E-state index in [9.17, 15) is 18.8 Å². The normalized spacial score (nSPS) is 22.5. The third kappa shape index (κ3) is 5.37. The Balaban J connectivity index is 1.26. The number of hydrogen-bond donors (Lipinski definition) is 1. The molecule has 3 fully saturated rings. The van der Waals surface area contributed by atoms with Gasteiger partial charge in [-0.1, -0.05) is 6.42 Å². The van der Waals surface area contributed by atoms with Gasteiger partial charge in [0.05, 0.1) is 29.0 Å². The molecule has 43 heavy (non-hydrogen) atoms. The molecule has 1 saturated carbocycles. The fourth-order valence-electron chi connectivity index (χ4n) is 7.80. The van der Waals surface area contributed by atoms with Gasteiger partial charge in [-0.3, -0.25) is 19.4 Å². The zero-order valence-electron chi connectivity index (χ0n) is 25.6. The summed E-state index contributed by atoms with van der Waals surface area (Å²) in [5.74, 6) is 0.308. The molecule has 1 aromatic carbocycles. The third-order valence-electron chi connectivity index (χ3n) is 9.86. The summed E-state index contributed by atoms with van der Waals surface area (Å²) in [6.45, 7) is 9.84. The van der Waals surface area contributed by atoms with Gasteiger partial charge in [-0.25, -0.2) is 4.39 Å². The van der Waals surface area contributed by atoms with Crippen molar-refractivity contribution in [3.05, 3.63) is 59.8 Å². The van der Waals surface area contributed by atoms with E-state index in [4.69, 9.17) is 0 Å². The van der Waals surface area contributed by atoms with Gasteiger partial charge >= 0.3 is 0 Å². The summed E-state index contributed by atoms with van der Waals surface area (Å²) in [5.41, 5.74) is 1.97. The van der Waals surface area contributed by atoms with E-state index in [0.29, 0.717) is 54.5 Å². The number of Topliss-reactive ketones (excluding diaryl/α,β-unsaturated/α-hetero) is 1. The van der Waals surface area contributed by atoms with Gasteiger partial charge in [0.15, 0.2) is 5.78 Å². The number of benzene rings is 1. The number of pyridine rings is 1. The summed E-state index contributed by atoms with van der Waals surface area (Å²) in [7, 11) is 0. The van der Waals surface area contributed by atoms with Crippen LogP contribution >= 0.6 is 0 Å². The lowest BCUT2D eigenvalue weighted by Crippen LogP contribution is -2.49. The topological polar surface area (TPSA) is 87.5 Å². The number of carbonyl (C=O) groups excluding carboxylic acids is 3. The van der Waals surface area contributed by atoms with Crippen LogP contribution < -0.4 is 5.32 Å². The standard InChI is InChI=1S/C34H42FN5O3/c1-20(2)40(21(3)4)33(42)27-16-24(35)8-9-29(27)39-19-28(26-10-13-36-18-30(26)39)32(41)22-11-14-38(15-12-22)34(43)31-25-7-5-6-23(25)17-37-31/h8-10,13,16,18-23,25,31,37H,5-7,11-12,14-15,17H2,1-4H3/t23-,25-,31-/m0/s1. The van der Waals surface area contributed by atoms with E-state index in [-0.39, 0.29) is 47.2 Å². The molecule has 0 unspecified atom stereocenters. The first-order valence-electron chi connectivity index (χ1n) is 15.8. The number of halogens is 1. The highest BCUT2D eigenvalue weighted by molar-refractivity contribution is 6.10. The van der Waals surface area contributed by atoms with E-state index in [1.165, 1.54) is 25.0 Å². The highest BCUT2D eigenvalue weighted by Crippen LogP contribution is 2.39. The summed E-state index contributed by atoms with van der Waals surface area (Å²) in [6.07, 6.45) is 9.88. The number of nitrogens with zero attached hydrogens (tertiary/aromatic N) is 4. The molecule has 9 heteroatoms. The summed E-state index contributed by atoms with van der Waals surface area (Å²) in [4.78, 5) is 49.1. The molecule has 1 N–H and O–H groups in total. The molecule has 8 nitrogen and oxygen atoms in total. The van der Waals surface area contributed by atoms with Gasteiger partial charge in [0, 0.05) is 54.4 Å². The molecule has 0 radical (unpaired) electrons. The lowest BCUT2D eigenvalue weighted by molar-refractivity contribution is -0.135.